The number of aromatic nitrogens is 2. The number of ketones is 2. The molecule has 0 unspecified atom stereocenters. The summed E-state index contributed by atoms with van der Waals surface area (Å²) in [6, 6.07) is 19.6. The topological polar surface area (TPSA) is 242 Å². The summed E-state index contributed by atoms with van der Waals surface area (Å²) in [4.78, 5) is 69.6. The Morgan fingerprint density at radius 2 is 1.03 bits per heavy atom. The second-order valence-electron chi connectivity index (χ2n) is 18.1. The Morgan fingerprint density at radius 3 is 1.38 bits per heavy atom. The number of hydrogen-bond acceptors (Lipinski definition) is 11. The third kappa shape index (κ3) is 16.2. The number of nitrogens with two attached hydrogens (primary N) is 2. The Labute approximate surface area is 420 Å². The first-order valence-corrected chi connectivity index (χ1v) is 23.7. The highest BCUT2D eigenvalue weighted by Gasteiger charge is 2.29. The first kappa shape index (κ1) is 55.3. The standard InChI is InChI=1S/C28H31ClFN3O5.C25H26ClFN2O4/c1-15(2)24-14-38-27(33-24)25(34)12-18(11-23(28(36)37)32-26(35)16(3)31)10-17-4-6-19(7-5-17)21-13-20(29)8-9-22(21)30;1-14(2)22-13-33-24(29-22)23(30)11-16(10-21(28)25(31)32)9-15-3-5-17(6-4-15)19-12-18(26)7-8-20(19)27/h4-9,13-16,18,23H,10-12,31H2,1-3H3,(H,32,35)(H,36,37);3-8,12-14,16,21H,9-11,28H2,1-2H3,(H,31,32)/t16-,18+,23+;16-,21-/m01/s1. The van der Waals surface area contributed by atoms with E-state index >= 15 is 0 Å². The van der Waals surface area contributed by atoms with Crippen LogP contribution >= 0.6 is 23.2 Å². The summed E-state index contributed by atoms with van der Waals surface area (Å²) in [7, 11) is 0. The third-order valence-corrected chi connectivity index (χ3v) is 12.1. The number of rotatable bonds is 22. The number of carbonyl (C=O) groups excluding carboxylic acids is 3. The van der Waals surface area contributed by atoms with Crippen LogP contribution in [-0.2, 0) is 27.2 Å². The van der Waals surface area contributed by atoms with Gasteiger partial charge in [0.1, 0.15) is 36.2 Å². The van der Waals surface area contributed by atoms with Crippen LogP contribution in [0.5, 0.6) is 0 Å². The van der Waals surface area contributed by atoms with Crippen molar-refractivity contribution in [3.63, 3.8) is 0 Å². The Kier molecular flexibility index (Phi) is 19.9. The average molecular weight is 1020 g/mol. The molecule has 0 radical (unpaired) electrons. The zero-order valence-corrected chi connectivity index (χ0v) is 41.3. The lowest BCUT2D eigenvalue weighted by molar-refractivity contribution is -0.142. The number of Topliss-reactive ketones (excluding diaryl/α,β-unsaturated/α-hetero) is 2. The minimum Gasteiger partial charge on any atom is -0.480 e. The van der Waals surface area contributed by atoms with Crippen molar-refractivity contribution in [2.75, 3.05) is 0 Å². The Bertz CT molecular complexity index is 2800. The lowest BCUT2D eigenvalue weighted by atomic mass is 9.87. The fourth-order valence-electron chi connectivity index (χ4n) is 7.60. The van der Waals surface area contributed by atoms with Gasteiger partial charge >= 0.3 is 11.9 Å². The highest BCUT2D eigenvalue weighted by molar-refractivity contribution is 6.31. The number of amides is 1. The molecule has 0 aliphatic heterocycles. The fraction of sp³-hybridized carbons (Fsp3) is 0.340. The Morgan fingerprint density at radius 1 is 0.620 bits per heavy atom. The van der Waals surface area contributed by atoms with E-state index < -0.39 is 47.7 Å². The molecule has 5 atom stereocenters. The van der Waals surface area contributed by atoms with Gasteiger partial charge in [0, 0.05) is 34.0 Å². The molecule has 4 aromatic carbocycles. The summed E-state index contributed by atoms with van der Waals surface area (Å²) in [5.41, 5.74) is 16.4. The van der Waals surface area contributed by atoms with E-state index in [4.69, 9.17) is 43.5 Å². The molecule has 2 aromatic heterocycles. The van der Waals surface area contributed by atoms with Gasteiger partial charge in [0.2, 0.25) is 17.5 Å². The van der Waals surface area contributed by atoms with Crippen LogP contribution in [0.1, 0.15) is 116 Å². The maximum Gasteiger partial charge on any atom is 0.326 e. The summed E-state index contributed by atoms with van der Waals surface area (Å²) in [6.07, 6.45) is 3.71. The molecule has 376 valence electrons. The van der Waals surface area contributed by atoms with Crippen LogP contribution in [0.2, 0.25) is 10.0 Å². The van der Waals surface area contributed by atoms with Crippen molar-refractivity contribution >= 4 is 52.6 Å². The molecule has 0 saturated carbocycles. The number of carbonyl (C=O) groups is 5. The molecule has 6 aromatic rings. The second-order valence-corrected chi connectivity index (χ2v) is 19.0. The molecule has 0 fully saturated rings. The number of nitrogens with zero attached hydrogens (tertiary/aromatic N) is 2. The van der Waals surface area contributed by atoms with Crippen LogP contribution in [0, 0.1) is 23.5 Å². The zero-order chi connectivity index (χ0) is 52.1. The number of oxazole rings is 2. The van der Waals surface area contributed by atoms with Gasteiger partial charge in [-0.25, -0.2) is 23.5 Å². The molecule has 18 heteroatoms. The van der Waals surface area contributed by atoms with Crippen LogP contribution in [0.4, 0.5) is 8.78 Å². The van der Waals surface area contributed by atoms with E-state index in [1.807, 2.05) is 39.8 Å². The average Bonchev–Trinajstić information content (AvgIpc) is 4.04. The highest BCUT2D eigenvalue weighted by Crippen LogP contribution is 2.30. The van der Waals surface area contributed by atoms with Crippen molar-refractivity contribution in [3.05, 3.63) is 153 Å². The van der Waals surface area contributed by atoms with Gasteiger partial charge in [-0.2, -0.15) is 0 Å². The molecule has 2 heterocycles. The molecule has 7 N–H and O–H groups in total. The van der Waals surface area contributed by atoms with Gasteiger partial charge in [-0.1, -0.05) is 99.4 Å². The second kappa shape index (κ2) is 25.5. The summed E-state index contributed by atoms with van der Waals surface area (Å²) < 4.78 is 39.1. The van der Waals surface area contributed by atoms with E-state index in [1.165, 1.54) is 49.8 Å². The van der Waals surface area contributed by atoms with E-state index in [2.05, 4.69) is 15.3 Å². The monoisotopic (exact) mass is 1020 g/mol. The van der Waals surface area contributed by atoms with Gasteiger partial charge in [0.25, 0.3) is 11.8 Å². The molecule has 0 aliphatic carbocycles. The van der Waals surface area contributed by atoms with Crippen molar-refractivity contribution in [1.82, 2.24) is 15.3 Å². The minimum atomic E-state index is -1.25. The molecule has 0 saturated heterocycles. The van der Waals surface area contributed by atoms with E-state index in [1.54, 1.807) is 42.5 Å². The van der Waals surface area contributed by atoms with Gasteiger partial charge in [0.15, 0.2) is 0 Å². The zero-order valence-electron chi connectivity index (χ0n) is 39.8. The molecular weight excluding hydrogens is 960 g/mol. The quantitative estimate of drug-likeness (QED) is 0.0398. The number of benzene rings is 4. The molecule has 6 rings (SSSR count). The van der Waals surface area contributed by atoms with Crippen molar-refractivity contribution in [1.29, 1.82) is 0 Å². The maximum absolute atomic E-state index is 14.3. The van der Waals surface area contributed by atoms with Crippen LogP contribution in [0.25, 0.3) is 22.3 Å². The van der Waals surface area contributed by atoms with Crippen molar-refractivity contribution in [3.8, 4) is 22.3 Å². The predicted molar refractivity (Wildman–Crippen MR) is 265 cm³/mol. The van der Waals surface area contributed by atoms with E-state index in [0.29, 0.717) is 56.5 Å². The number of carboxylic acid groups (broad SMARTS) is 2. The molecule has 71 heavy (non-hydrogen) atoms. The SMILES string of the molecule is CC(C)c1coc(C(=O)C[C@H](Cc2ccc(-c3cc(Cl)ccc3F)cc2)C[C@@H](N)C(=O)O)n1.CC(C)c1coc(C(=O)C[C@H](Cc2ccc(-c3cc(Cl)ccc3F)cc2)C[C@@H](NC(=O)[C@H](C)N)C(=O)O)n1. The predicted octanol–water partition coefficient (Wildman–Crippen LogP) is 10.5. The Hall–Kier alpha value is -6.59. The smallest absolute Gasteiger partial charge is 0.326 e. The van der Waals surface area contributed by atoms with Gasteiger partial charge in [-0.3, -0.25) is 19.2 Å². The molecule has 0 bridgehead atoms. The molecule has 1 amide bonds. The third-order valence-electron chi connectivity index (χ3n) is 11.6. The van der Waals surface area contributed by atoms with Crippen molar-refractivity contribution < 1.29 is 51.8 Å². The number of aliphatic carboxylic acids is 2. The fourth-order valence-corrected chi connectivity index (χ4v) is 7.94. The number of hydrogen-bond donors (Lipinski definition) is 5. The highest BCUT2D eigenvalue weighted by atomic mass is 35.5. The molecule has 0 aliphatic rings. The van der Waals surface area contributed by atoms with Crippen LogP contribution in [-0.4, -0.2) is 67.7 Å². The van der Waals surface area contributed by atoms with Crippen LogP contribution < -0.4 is 16.8 Å². The van der Waals surface area contributed by atoms with Gasteiger partial charge in [0.05, 0.1) is 17.4 Å². The maximum atomic E-state index is 14.3. The number of carboxylic acids is 2. The van der Waals surface area contributed by atoms with Crippen molar-refractivity contribution in [2.24, 2.45) is 23.3 Å². The summed E-state index contributed by atoms with van der Waals surface area (Å²) >= 11 is 12.0. The molecule has 14 nitrogen and oxygen atoms in total. The lowest BCUT2D eigenvalue weighted by Gasteiger charge is -2.22. The number of halogens is 4. The Balaban J connectivity index is 0.000000267. The van der Waals surface area contributed by atoms with Crippen molar-refractivity contribution in [2.45, 2.75) is 103 Å². The van der Waals surface area contributed by atoms with Gasteiger partial charge in [-0.15, -0.1) is 0 Å². The minimum absolute atomic E-state index is 0.0133. The largest absolute Gasteiger partial charge is 0.480 e. The van der Waals surface area contributed by atoms with Crippen LogP contribution in [0.3, 0.4) is 0 Å². The van der Waals surface area contributed by atoms with E-state index in [-0.39, 0.29) is 72.6 Å². The first-order valence-electron chi connectivity index (χ1n) is 22.9. The van der Waals surface area contributed by atoms with E-state index in [9.17, 15) is 43.0 Å². The normalized spacial score (nSPS) is 13.4. The van der Waals surface area contributed by atoms with Crippen LogP contribution in [0.15, 0.2) is 106 Å². The molecular formula is C53H57Cl2F2N5O9. The van der Waals surface area contributed by atoms with Gasteiger partial charge in [-0.05, 0) is 115 Å². The summed E-state index contributed by atoms with van der Waals surface area (Å²) in [6.45, 7) is 9.19. The molecule has 0 spiro atoms. The van der Waals surface area contributed by atoms with E-state index in [0.717, 1.165) is 11.1 Å². The lowest BCUT2D eigenvalue weighted by Crippen LogP contribution is -2.48. The van der Waals surface area contributed by atoms with Gasteiger partial charge < -0.3 is 35.8 Å². The summed E-state index contributed by atoms with van der Waals surface area (Å²) in [5, 5.41) is 22.2. The summed E-state index contributed by atoms with van der Waals surface area (Å²) in [5.74, 6) is -5.10. The number of nitrogens with one attached hydrogen (secondary N) is 1. The first-order chi connectivity index (χ1) is 33.6.